The number of rotatable bonds is 5. The Labute approximate surface area is 290 Å². The average Bonchev–Trinajstić information content (AvgIpc) is 3.69. The van der Waals surface area contributed by atoms with Crippen molar-refractivity contribution in [3.05, 3.63) is 139 Å². The lowest BCUT2D eigenvalue weighted by atomic mass is 9.48. The van der Waals surface area contributed by atoms with Gasteiger partial charge in [-0.3, -0.25) is 0 Å². The van der Waals surface area contributed by atoms with Crippen molar-refractivity contribution in [1.82, 2.24) is 0 Å². The zero-order chi connectivity index (χ0) is 32.1. The summed E-state index contributed by atoms with van der Waals surface area (Å²) in [7, 11) is 0. The number of anilines is 3. The Morgan fingerprint density at radius 1 is 0.490 bits per heavy atom. The molecule has 6 aromatic carbocycles. The van der Waals surface area contributed by atoms with Crippen LogP contribution < -0.4 is 4.90 Å². The fourth-order valence-corrected chi connectivity index (χ4v) is 11.6. The van der Waals surface area contributed by atoms with E-state index in [1.54, 1.807) is 5.56 Å². The molecule has 238 valence electrons. The largest absolute Gasteiger partial charge is 0.456 e. The lowest BCUT2D eigenvalue weighted by molar-refractivity contribution is -0.00518. The Morgan fingerprint density at radius 3 is 1.82 bits per heavy atom. The Hall–Kier alpha value is -4.86. The van der Waals surface area contributed by atoms with Crippen LogP contribution >= 0.6 is 11.3 Å². The number of benzene rings is 6. The van der Waals surface area contributed by atoms with Crippen molar-refractivity contribution in [1.29, 1.82) is 0 Å². The molecule has 0 amide bonds. The first kappa shape index (κ1) is 28.0. The van der Waals surface area contributed by atoms with E-state index in [2.05, 4.69) is 132 Å². The van der Waals surface area contributed by atoms with Crippen molar-refractivity contribution in [3.63, 3.8) is 0 Å². The molecule has 0 atom stereocenters. The molecule has 0 radical (unpaired) electrons. The number of para-hydroxylation sites is 1. The van der Waals surface area contributed by atoms with Crippen LogP contribution in [0, 0.1) is 17.8 Å². The van der Waals surface area contributed by atoms with E-state index in [0.29, 0.717) is 5.41 Å². The third kappa shape index (κ3) is 4.45. The standard InChI is InChI=1S/C46H37NOS/c1-3-7-42-38(5-1)39-20-18-37(25-43(39)48-42)47(36-16-12-34(13-17-36)46-26-29-21-30(27-46)23-31(22-29)28-46)35-14-9-32(10-15-35)33-11-19-41-40-6-2-4-8-44(40)49-45(41)24-33/h1-20,24-25,29-31H,21-23,26-28H2. The number of nitrogens with zero attached hydrogens (tertiary/aromatic N) is 1. The fourth-order valence-electron chi connectivity index (χ4n) is 10.4. The minimum absolute atomic E-state index is 0.391. The maximum Gasteiger partial charge on any atom is 0.137 e. The number of furan rings is 1. The molecule has 8 aromatic rings. The van der Waals surface area contributed by atoms with E-state index in [0.717, 1.165) is 51.1 Å². The fraction of sp³-hybridized carbons (Fsp3) is 0.217. The van der Waals surface area contributed by atoms with E-state index in [9.17, 15) is 0 Å². The summed E-state index contributed by atoms with van der Waals surface area (Å²) in [6.07, 6.45) is 8.59. The normalized spacial score (nSPS) is 22.9. The minimum atomic E-state index is 0.391. The lowest BCUT2D eigenvalue weighted by Gasteiger charge is -2.57. The van der Waals surface area contributed by atoms with Crippen molar-refractivity contribution in [2.45, 2.75) is 43.9 Å². The highest BCUT2D eigenvalue weighted by atomic mass is 32.1. The SMILES string of the molecule is c1ccc2c(c1)oc1cc(N(c3ccc(-c4ccc5c(c4)sc4ccccc45)cc3)c3ccc(C45CC6CC(CC(C6)C4)C5)cc3)ccc12. The van der Waals surface area contributed by atoms with Gasteiger partial charge in [0.15, 0.2) is 0 Å². The summed E-state index contributed by atoms with van der Waals surface area (Å²) < 4.78 is 9.06. The summed E-state index contributed by atoms with van der Waals surface area (Å²) in [5.74, 6) is 2.82. The van der Waals surface area contributed by atoms with Crippen LogP contribution in [0.2, 0.25) is 0 Å². The van der Waals surface area contributed by atoms with Crippen molar-refractivity contribution >= 4 is 70.5 Å². The minimum Gasteiger partial charge on any atom is -0.456 e. The molecule has 4 bridgehead atoms. The van der Waals surface area contributed by atoms with Crippen LogP contribution in [0.25, 0.3) is 53.2 Å². The van der Waals surface area contributed by atoms with Crippen LogP contribution in [0.1, 0.15) is 44.1 Å². The predicted molar refractivity (Wildman–Crippen MR) is 207 cm³/mol. The third-order valence-corrected chi connectivity index (χ3v) is 13.4. The average molecular weight is 652 g/mol. The van der Waals surface area contributed by atoms with Gasteiger partial charge < -0.3 is 9.32 Å². The first-order valence-electron chi connectivity index (χ1n) is 18.0. The Balaban J connectivity index is 0.991. The first-order chi connectivity index (χ1) is 24.2. The Morgan fingerprint density at radius 2 is 1.06 bits per heavy atom. The maximum absolute atomic E-state index is 6.38. The predicted octanol–water partition coefficient (Wildman–Crippen LogP) is 13.6. The highest BCUT2D eigenvalue weighted by Gasteiger charge is 2.51. The van der Waals surface area contributed by atoms with E-state index in [-0.39, 0.29) is 0 Å². The van der Waals surface area contributed by atoms with Gasteiger partial charge in [-0.1, -0.05) is 72.8 Å². The maximum atomic E-state index is 6.38. The van der Waals surface area contributed by atoms with Gasteiger partial charge in [0, 0.05) is 54.1 Å². The molecule has 2 heterocycles. The van der Waals surface area contributed by atoms with Crippen molar-refractivity contribution in [2.75, 3.05) is 4.90 Å². The molecule has 0 N–H and O–H groups in total. The van der Waals surface area contributed by atoms with Gasteiger partial charge in [0.25, 0.3) is 0 Å². The molecule has 4 fully saturated rings. The van der Waals surface area contributed by atoms with Crippen LogP contribution in [0.3, 0.4) is 0 Å². The molecule has 0 saturated heterocycles. The molecular weight excluding hydrogens is 615 g/mol. The van der Waals surface area contributed by atoms with Gasteiger partial charge in [0.05, 0.1) is 0 Å². The van der Waals surface area contributed by atoms with Gasteiger partial charge in [0.1, 0.15) is 11.2 Å². The van der Waals surface area contributed by atoms with Crippen LogP contribution in [0.4, 0.5) is 17.1 Å². The Bertz CT molecular complexity index is 2500. The molecule has 49 heavy (non-hydrogen) atoms. The summed E-state index contributed by atoms with van der Waals surface area (Å²) >= 11 is 1.88. The summed E-state index contributed by atoms with van der Waals surface area (Å²) in [6, 6.07) is 49.4. The van der Waals surface area contributed by atoms with E-state index in [4.69, 9.17) is 4.42 Å². The van der Waals surface area contributed by atoms with Crippen molar-refractivity contribution < 1.29 is 4.42 Å². The van der Waals surface area contributed by atoms with Gasteiger partial charge in [-0.25, -0.2) is 0 Å². The molecular formula is C46H37NOS. The zero-order valence-electron chi connectivity index (χ0n) is 27.4. The number of hydrogen-bond acceptors (Lipinski definition) is 3. The van der Waals surface area contributed by atoms with Gasteiger partial charge in [-0.05, 0) is 133 Å². The summed E-state index contributed by atoms with van der Waals surface area (Å²) in [5, 5.41) is 5.00. The summed E-state index contributed by atoms with van der Waals surface area (Å²) in [6.45, 7) is 0. The zero-order valence-corrected chi connectivity index (χ0v) is 28.3. The topological polar surface area (TPSA) is 16.4 Å². The molecule has 2 nitrogen and oxygen atoms in total. The van der Waals surface area contributed by atoms with E-state index in [1.807, 2.05) is 17.4 Å². The molecule has 3 heteroatoms. The van der Waals surface area contributed by atoms with Crippen molar-refractivity contribution in [2.24, 2.45) is 17.8 Å². The van der Waals surface area contributed by atoms with E-state index < -0.39 is 0 Å². The Kier molecular flexibility index (Phi) is 6.04. The lowest BCUT2D eigenvalue weighted by Crippen LogP contribution is -2.48. The quantitative estimate of drug-likeness (QED) is 0.184. The van der Waals surface area contributed by atoms with Gasteiger partial charge in [0.2, 0.25) is 0 Å². The second-order valence-corrected chi connectivity index (χ2v) is 16.3. The second kappa shape index (κ2) is 10.6. The van der Waals surface area contributed by atoms with Gasteiger partial charge in [-0.15, -0.1) is 11.3 Å². The molecule has 0 unspecified atom stereocenters. The number of fused-ring (bicyclic) bond motifs is 6. The van der Waals surface area contributed by atoms with Crippen LogP contribution in [0.15, 0.2) is 138 Å². The summed E-state index contributed by atoms with van der Waals surface area (Å²) in [5.41, 5.74) is 9.72. The number of thiophene rings is 1. The molecule has 0 spiro atoms. The van der Waals surface area contributed by atoms with Crippen molar-refractivity contribution in [3.8, 4) is 11.1 Å². The van der Waals surface area contributed by atoms with Crippen LogP contribution in [-0.4, -0.2) is 0 Å². The van der Waals surface area contributed by atoms with Crippen LogP contribution in [0.5, 0.6) is 0 Å². The molecule has 12 rings (SSSR count). The van der Waals surface area contributed by atoms with Crippen LogP contribution in [-0.2, 0) is 5.41 Å². The third-order valence-electron chi connectivity index (χ3n) is 12.2. The highest BCUT2D eigenvalue weighted by Crippen LogP contribution is 2.61. The molecule has 4 aliphatic rings. The van der Waals surface area contributed by atoms with E-state index >= 15 is 0 Å². The molecule has 4 saturated carbocycles. The molecule has 0 aliphatic heterocycles. The monoisotopic (exact) mass is 651 g/mol. The number of hydrogen-bond donors (Lipinski definition) is 0. The van der Waals surface area contributed by atoms with Gasteiger partial charge >= 0.3 is 0 Å². The smallest absolute Gasteiger partial charge is 0.137 e. The second-order valence-electron chi connectivity index (χ2n) is 15.2. The first-order valence-corrected chi connectivity index (χ1v) is 18.8. The molecule has 4 aliphatic carbocycles. The highest BCUT2D eigenvalue weighted by molar-refractivity contribution is 7.25. The van der Waals surface area contributed by atoms with Gasteiger partial charge in [-0.2, -0.15) is 0 Å². The van der Waals surface area contributed by atoms with E-state index in [1.165, 1.54) is 75.5 Å². The molecule has 2 aromatic heterocycles. The summed E-state index contributed by atoms with van der Waals surface area (Å²) in [4.78, 5) is 2.40.